The second-order valence-corrected chi connectivity index (χ2v) is 18.8. The molecule has 1 heterocycles. The Morgan fingerprint density at radius 1 is 0.478 bits per heavy atom. The van der Waals surface area contributed by atoms with Crippen LogP contribution in [-0.4, -0.2) is 40.0 Å². The van der Waals surface area contributed by atoms with Gasteiger partial charge in [-0.05, 0) is 170 Å². The zero-order valence-electron chi connectivity index (χ0n) is 29.7. The number of hydrogen-bond donors (Lipinski definition) is 0. The molecule has 46 heavy (non-hydrogen) atoms. The lowest BCUT2D eigenvalue weighted by molar-refractivity contribution is -0.0434. The molecule has 6 unspecified atom stereocenters. The predicted octanol–water partition coefficient (Wildman–Crippen LogP) is 11.5. The summed E-state index contributed by atoms with van der Waals surface area (Å²) in [4.78, 5) is 6.51. The first-order valence-corrected chi connectivity index (χ1v) is 21.7. The van der Waals surface area contributed by atoms with Gasteiger partial charge in [-0.3, -0.25) is 4.90 Å². The van der Waals surface area contributed by atoms with Crippen molar-refractivity contribution in [2.24, 2.45) is 47.3 Å². The lowest BCUT2D eigenvalue weighted by Gasteiger charge is -2.55. The molecule has 7 fully saturated rings. The maximum Gasteiger partial charge on any atom is 0.0356 e. The molecule has 0 aromatic heterocycles. The maximum atomic E-state index is 3.34. The molecule has 0 aromatic rings. The van der Waals surface area contributed by atoms with Gasteiger partial charge in [-0.1, -0.05) is 63.2 Å². The minimum Gasteiger partial charge on any atom is -0.368 e. The highest BCUT2D eigenvalue weighted by Crippen LogP contribution is 2.58. The topological polar surface area (TPSA) is 6.48 Å². The Balaban J connectivity index is 0.929. The van der Waals surface area contributed by atoms with Crippen molar-refractivity contribution in [2.45, 2.75) is 204 Å². The summed E-state index contributed by atoms with van der Waals surface area (Å²) in [6, 6.07) is 4.35. The van der Waals surface area contributed by atoms with Crippen molar-refractivity contribution < 1.29 is 0 Å². The van der Waals surface area contributed by atoms with Crippen molar-refractivity contribution in [1.82, 2.24) is 9.80 Å². The molecular formula is C44H70N2. The molecule has 2 nitrogen and oxygen atoms in total. The molecule has 1 saturated heterocycles. The van der Waals surface area contributed by atoms with Crippen molar-refractivity contribution in [3.63, 3.8) is 0 Å². The second kappa shape index (κ2) is 13.9. The van der Waals surface area contributed by atoms with E-state index < -0.39 is 0 Å². The SMILES string of the molecule is C1=CCC(N2C3=CCCC[C@H]3C3CC[C@H]4CC[C@@H](N(C5CCCCC5)C5CCC(C6CCC7CCCCC7C6)CC5)C[C@H]4C32)CC1. The molecule has 0 N–H and O–H groups in total. The van der Waals surface area contributed by atoms with E-state index in [-0.39, 0.29) is 0 Å². The Morgan fingerprint density at radius 3 is 2.00 bits per heavy atom. The summed E-state index contributed by atoms with van der Waals surface area (Å²) < 4.78 is 0. The minimum atomic E-state index is 0.791. The average Bonchev–Trinajstić information content (AvgIpc) is 3.48. The van der Waals surface area contributed by atoms with Crippen LogP contribution in [0.15, 0.2) is 23.9 Å². The maximum absolute atomic E-state index is 3.34. The van der Waals surface area contributed by atoms with Gasteiger partial charge in [-0.25, -0.2) is 0 Å². The summed E-state index contributed by atoms with van der Waals surface area (Å²) in [5.74, 6) is 8.21. The molecule has 256 valence electrons. The Bertz CT molecular complexity index is 1080. The number of hydrogen-bond acceptors (Lipinski definition) is 2. The van der Waals surface area contributed by atoms with E-state index in [1.165, 1.54) is 109 Å². The fourth-order valence-electron chi connectivity index (χ4n) is 14.8. The van der Waals surface area contributed by atoms with Crippen LogP contribution in [0.4, 0.5) is 0 Å². The summed E-state index contributed by atoms with van der Waals surface area (Å²) in [5.41, 5.74) is 1.86. The molecule has 10 atom stereocenters. The van der Waals surface area contributed by atoms with Gasteiger partial charge in [0.05, 0.1) is 0 Å². The van der Waals surface area contributed by atoms with E-state index in [0.717, 1.165) is 77.6 Å². The lowest BCUT2D eigenvalue weighted by Crippen LogP contribution is -2.57. The van der Waals surface area contributed by atoms with Gasteiger partial charge in [-0.15, -0.1) is 0 Å². The molecule has 1 aliphatic heterocycles. The minimum absolute atomic E-state index is 0.791. The lowest BCUT2D eigenvalue weighted by atomic mass is 9.61. The molecule has 6 saturated carbocycles. The molecule has 0 aromatic carbocycles. The van der Waals surface area contributed by atoms with E-state index >= 15 is 0 Å². The molecule has 0 bridgehead atoms. The van der Waals surface area contributed by atoms with E-state index in [1.807, 2.05) is 5.70 Å². The zero-order chi connectivity index (χ0) is 30.5. The van der Waals surface area contributed by atoms with Gasteiger partial charge in [0, 0.05) is 41.8 Å². The quantitative estimate of drug-likeness (QED) is 0.280. The van der Waals surface area contributed by atoms with E-state index in [2.05, 4.69) is 28.0 Å². The van der Waals surface area contributed by atoms with Crippen LogP contribution in [0.3, 0.4) is 0 Å². The fourth-order valence-corrected chi connectivity index (χ4v) is 14.8. The third-order valence-electron chi connectivity index (χ3n) is 16.8. The highest BCUT2D eigenvalue weighted by Gasteiger charge is 2.55. The van der Waals surface area contributed by atoms with Crippen molar-refractivity contribution in [3.05, 3.63) is 23.9 Å². The van der Waals surface area contributed by atoms with Crippen LogP contribution in [0, 0.1) is 47.3 Å². The van der Waals surface area contributed by atoms with E-state index in [9.17, 15) is 0 Å². The van der Waals surface area contributed by atoms with Crippen LogP contribution in [0.5, 0.6) is 0 Å². The van der Waals surface area contributed by atoms with Crippen molar-refractivity contribution in [3.8, 4) is 0 Å². The smallest absolute Gasteiger partial charge is 0.0356 e. The third-order valence-corrected chi connectivity index (χ3v) is 16.8. The first kappa shape index (κ1) is 31.2. The summed E-state index contributed by atoms with van der Waals surface area (Å²) in [6.07, 6.45) is 48.6. The Labute approximate surface area is 284 Å². The van der Waals surface area contributed by atoms with Crippen LogP contribution in [0.25, 0.3) is 0 Å². The molecular weight excluding hydrogens is 556 g/mol. The largest absolute Gasteiger partial charge is 0.368 e. The van der Waals surface area contributed by atoms with E-state index in [0.29, 0.717) is 0 Å². The Kier molecular flexibility index (Phi) is 9.42. The number of likely N-dealkylation sites (tertiary alicyclic amines) is 1. The van der Waals surface area contributed by atoms with Gasteiger partial charge in [0.25, 0.3) is 0 Å². The number of rotatable bonds is 5. The standard InChI is InChI=1S/C44H70N2/c1-3-13-36(14-4-1)45(38-25-21-32(22-26-38)35-20-19-31-11-7-8-12-34(31)29-35)39-27-23-33-24-28-41-40-17-9-10-18-43(40)46(44(41)42(33)30-39)37-15-5-2-6-16-37/h2,5,18,31-42,44H,1,3-4,6-17,19-30H2/t31?,32?,33-,34?,35?,37?,38?,39-,40+,41?,42-,44?/m1/s1. The van der Waals surface area contributed by atoms with Crippen molar-refractivity contribution in [2.75, 3.05) is 0 Å². The predicted molar refractivity (Wildman–Crippen MR) is 192 cm³/mol. The van der Waals surface area contributed by atoms with Crippen LogP contribution in [-0.2, 0) is 0 Å². The van der Waals surface area contributed by atoms with Gasteiger partial charge in [0.2, 0.25) is 0 Å². The van der Waals surface area contributed by atoms with Gasteiger partial charge >= 0.3 is 0 Å². The number of nitrogens with zero attached hydrogens (tertiary/aromatic N) is 2. The first-order valence-electron chi connectivity index (χ1n) is 21.7. The van der Waals surface area contributed by atoms with Crippen LogP contribution >= 0.6 is 0 Å². The van der Waals surface area contributed by atoms with Crippen molar-refractivity contribution >= 4 is 0 Å². The molecule has 9 aliphatic rings. The second-order valence-electron chi connectivity index (χ2n) is 18.8. The van der Waals surface area contributed by atoms with Crippen LogP contribution in [0.2, 0.25) is 0 Å². The normalized spacial score (nSPS) is 46.6. The van der Waals surface area contributed by atoms with Crippen LogP contribution < -0.4 is 0 Å². The molecule has 2 heteroatoms. The third kappa shape index (κ3) is 5.91. The van der Waals surface area contributed by atoms with Gasteiger partial charge in [-0.2, -0.15) is 0 Å². The van der Waals surface area contributed by atoms with Crippen LogP contribution in [0.1, 0.15) is 173 Å². The first-order chi connectivity index (χ1) is 22.8. The Morgan fingerprint density at radius 2 is 1.15 bits per heavy atom. The highest BCUT2D eigenvalue weighted by atomic mass is 15.3. The van der Waals surface area contributed by atoms with Gasteiger partial charge < -0.3 is 4.90 Å². The monoisotopic (exact) mass is 627 g/mol. The van der Waals surface area contributed by atoms with Gasteiger partial charge in [0.1, 0.15) is 0 Å². The summed E-state index contributed by atoms with van der Waals surface area (Å²) in [5, 5.41) is 0. The number of allylic oxidation sites excluding steroid dienone is 3. The van der Waals surface area contributed by atoms with E-state index in [4.69, 9.17) is 0 Å². The molecule has 0 radical (unpaired) electrons. The highest BCUT2D eigenvalue weighted by molar-refractivity contribution is 5.24. The molecule has 9 rings (SSSR count). The summed E-state index contributed by atoms with van der Waals surface area (Å²) in [7, 11) is 0. The zero-order valence-corrected chi connectivity index (χ0v) is 29.7. The number of fused-ring (bicyclic) bond motifs is 6. The van der Waals surface area contributed by atoms with E-state index in [1.54, 1.807) is 64.2 Å². The summed E-state index contributed by atoms with van der Waals surface area (Å²) >= 11 is 0. The Hall–Kier alpha value is -0.760. The van der Waals surface area contributed by atoms with Gasteiger partial charge in [0.15, 0.2) is 0 Å². The molecule has 0 spiro atoms. The molecule has 0 amide bonds. The van der Waals surface area contributed by atoms with Crippen molar-refractivity contribution in [1.29, 1.82) is 0 Å². The molecule has 8 aliphatic carbocycles. The summed E-state index contributed by atoms with van der Waals surface area (Å²) in [6.45, 7) is 0. The fraction of sp³-hybridized carbons (Fsp3) is 0.909. The average molecular weight is 627 g/mol.